The molecule has 3 aromatic rings. The lowest BCUT2D eigenvalue weighted by Crippen LogP contribution is -2.12. The van der Waals surface area contributed by atoms with Crippen LogP contribution in [0.15, 0.2) is 18.5 Å². The Morgan fingerprint density at radius 1 is 1.32 bits per heavy atom. The summed E-state index contributed by atoms with van der Waals surface area (Å²) in [5.74, 6) is 1.10. The van der Waals surface area contributed by atoms with Crippen molar-refractivity contribution in [2.45, 2.75) is 33.7 Å². The van der Waals surface area contributed by atoms with Crippen LogP contribution < -0.4 is 10.5 Å². The molecule has 0 bridgehead atoms. The van der Waals surface area contributed by atoms with Gasteiger partial charge in [-0.3, -0.25) is 0 Å². The van der Waals surface area contributed by atoms with Gasteiger partial charge in [0.1, 0.15) is 17.9 Å². The summed E-state index contributed by atoms with van der Waals surface area (Å²) < 4.78 is 7.60. The van der Waals surface area contributed by atoms with E-state index in [-0.39, 0.29) is 6.04 Å². The lowest BCUT2D eigenvalue weighted by atomic mass is 10.0. The number of nitrogens with zero attached hydrogens (tertiary/aromatic N) is 5. The van der Waals surface area contributed by atoms with Crippen LogP contribution in [0.5, 0.6) is 5.75 Å². The normalized spacial score (nSPS) is 12.1. The molecule has 2 aromatic heterocycles. The standard InChI is InChI=1S/C18H20N6O/c1-5-25-15-7-13(8-19)10(2)6-14(15)12(4)24-18-16(11(3)23-24)17(20)21-9-22-18/h6-7,9,12H,5H2,1-4H3,(H2,20,21,22). The zero-order valence-electron chi connectivity index (χ0n) is 14.7. The van der Waals surface area contributed by atoms with Gasteiger partial charge in [0.25, 0.3) is 0 Å². The number of nitrogens with two attached hydrogens (primary N) is 1. The van der Waals surface area contributed by atoms with Crippen molar-refractivity contribution in [3.8, 4) is 11.8 Å². The Labute approximate surface area is 146 Å². The maximum atomic E-state index is 9.28. The van der Waals surface area contributed by atoms with E-state index in [1.165, 1.54) is 6.33 Å². The number of fused-ring (bicyclic) bond motifs is 1. The molecule has 25 heavy (non-hydrogen) atoms. The van der Waals surface area contributed by atoms with Crippen LogP contribution >= 0.6 is 0 Å². The zero-order valence-corrected chi connectivity index (χ0v) is 14.7. The molecule has 0 saturated carbocycles. The average molecular weight is 336 g/mol. The SMILES string of the molecule is CCOc1cc(C#N)c(C)cc1C(C)n1nc(C)c2c(N)ncnc21. The van der Waals surface area contributed by atoms with E-state index in [0.29, 0.717) is 29.4 Å². The predicted octanol–water partition coefficient (Wildman–Crippen LogP) is 2.91. The number of hydrogen-bond acceptors (Lipinski definition) is 6. The highest BCUT2D eigenvalue weighted by Gasteiger charge is 2.21. The van der Waals surface area contributed by atoms with Crippen LogP contribution in [-0.4, -0.2) is 26.4 Å². The first kappa shape index (κ1) is 16.7. The average Bonchev–Trinajstić information content (AvgIpc) is 2.94. The molecule has 0 saturated heterocycles. The van der Waals surface area contributed by atoms with Crippen LogP contribution in [0, 0.1) is 25.2 Å². The summed E-state index contributed by atoms with van der Waals surface area (Å²) in [6.07, 6.45) is 1.44. The Morgan fingerprint density at radius 2 is 2.08 bits per heavy atom. The molecule has 1 atom stereocenters. The van der Waals surface area contributed by atoms with E-state index < -0.39 is 0 Å². The second-order valence-electron chi connectivity index (χ2n) is 5.91. The zero-order chi connectivity index (χ0) is 18.1. The summed E-state index contributed by atoms with van der Waals surface area (Å²) >= 11 is 0. The molecule has 2 N–H and O–H groups in total. The van der Waals surface area contributed by atoms with Crippen LogP contribution in [0.25, 0.3) is 11.0 Å². The lowest BCUT2D eigenvalue weighted by Gasteiger charge is -2.19. The van der Waals surface area contributed by atoms with Crippen molar-refractivity contribution >= 4 is 16.9 Å². The fourth-order valence-corrected chi connectivity index (χ4v) is 3.01. The molecule has 128 valence electrons. The Kier molecular flexibility index (Phi) is 4.28. The van der Waals surface area contributed by atoms with Crippen molar-refractivity contribution in [2.24, 2.45) is 0 Å². The number of nitriles is 1. The summed E-state index contributed by atoms with van der Waals surface area (Å²) in [5.41, 5.74) is 9.89. The highest BCUT2D eigenvalue weighted by molar-refractivity contribution is 5.88. The summed E-state index contributed by atoms with van der Waals surface area (Å²) in [4.78, 5) is 8.41. The van der Waals surface area contributed by atoms with Crippen molar-refractivity contribution in [2.75, 3.05) is 12.3 Å². The molecule has 7 nitrogen and oxygen atoms in total. The van der Waals surface area contributed by atoms with E-state index in [0.717, 1.165) is 22.2 Å². The van der Waals surface area contributed by atoms with Crippen molar-refractivity contribution in [1.82, 2.24) is 19.7 Å². The number of rotatable bonds is 4. The van der Waals surface area contributed by atoms with Crippen molar-refractivity contribution in [1.29, 1.82) is 5.26 Å². The molecule has 0 radical (unpaired) electrons. The van der Waals surface area contributed by atoms with E-state index >= 15 is 0 Å². The van der Waals surface area contributed by atoms with Gasteiger partial charge in [-0.2, -0.15) is 10.4 Å². The smallest absolute Gasteiger partial charge is 0.164 e. The van der Waals surface area contributed by atoms with Crippen LogP contribution in [0.2, 0.25) is 0 Å². The maximum absolute atomic E-state index is 9.28. The number of nitrogen functional groups attached to an aromatic ring is 1. The van der Waals surface area contributed by atoms with Crippen molar-refractivity contribution < 1.29 is 4.74 Å². The molecular formula is C18H20N6O. The van der Waals surface area contributed by atoms with Gasteiger partial charge in [-0.1, -0.05) is 0 Å². The van der Waals surface area contributed by atoms with Crippen LogP contribution in [0.1, 0.15) is 42.3 Å². The van der Waals surface area contributed by atoms with Crippen LogP contribution in [0.4, 0.5) is 5.82 Å². The van der Waals surface area contributed by atoms with E-state index in [1.54, 1.807) is 6.07 Å². The first-order valence-electron chi connectivity index (χ1n) is 8.10. The molecule has 7 heteroatoms. The van der Waals surface area contributed by atoms with Crippen molar-refractivity contribution in [3.05, 3.63) is 40.8 Å². The Bertz CT molecular complexity index is 985. The van der Waals surface area contributed by atoms with E-state index in [9.17, 15) is 5.26 Å². The van der Waals surface area contributed by atoms with E-state index in [4.69, 9.17) is 10.5 Å². The predicted molar refractivity (Wildman–Crippen MR) is 95.3 cm³/mol. The summed E-state index contributed by atoms with van der Waals surface area (Å²) in [6.45, 7) is 8.26. The Morgan fingerprint density at radius 3 is 2.76 bits per heavy atom. The number of anilines is 1. The summed E-state index contributed by atoms with van der Waals surface area (Å²) in [7, 11) is 0. The van der Waals surface area contributed by atoms with Crippen LogP contribution in [-0.2, 0) is 0 Å². The minimum atomic E-state index is -0.140. The second-order valence-corrected chi connectivity index (χ2v) is 5.91. The Balaban J connectivity index is 2.19. The van der Waals surface area contributed by atoms with Gasteiger partial charge in [-0.25, -0.2) is 14.6 Å². The minimum absolute atomic E-state index is 0.140. The van der Waals surface area contributed by atoms with Gasteiger partial charge in [0.15, 0.2) is 5.65 Å². The summed E-state index contributed by atoms with van der Waals surface area (Å²) in [6, 6.07) is 5.82. The van der Waals surface area contributed by atoms with Gasteiger partial charge in [-0.15, -0.1) is 0 Å². The largest absolute Gasteiger partial charge is 0.493 e. The third kappa shape index (κ3) is 2.76. The molecule has 0 aliphatic rings. The first-order chi connectivity index (χ1) is 12.0. The van der Waals surface area contributed by atoms with Crippen molar-refractivity contribution in [3.63, 3.8) is 0 Å². The van der Waals surface area contributed by atoms with Gasteiger partial charge < -0.3 is 10.5 Å². The fraction of sp³-hybridized carbons (Fsp3) is 0.333. The van der Waals surface area contributed by atoms with Gasteiger partial charge in [0.2, 0.25) is 0 Å². The van der Waals surface area contributed by atoms with Gasteiger partial charge in [0, 0.05) is 5.56 Å². The highest BCUT2D eigenvalue weighted by atomic mass is 16.5. The molecule has 0 spiro atoms. The van der Waals surface area contributed by atoms with E-state index in [1.807, 2.05) is 38.4 Å². The molecule has 1 aromatic carbocycles. The number of benzene rings is 1. The van der Waals surface area contributed by atoms with Crippen LogP contribution in [0.3, 0.4) is 0 Å². The van der Waals surface area contributed by atoms with Gasteiger partial charge >= 0.3 is 0 Å². The van der Waals surface area contributed by atoms with E-state index in [2.05, 4.69) is 21.1 Å². The number of aryl methyl sites for hydroxylation is 2. The monoisotopic (exact) mass is 336 g/mol. The molecule has 0 amide bonds. The topological polar surface area (TPSA) is 103 Å². The quantitative estimate of drug-likeness (QED) is 0.786. The van der Waals surface area contributed by atoms with Gasteiger partial charge in [-0.05, 0) is 45.4 Å². The second kappa shape index (κ2) is 6.40. The van der Waals surface area contributed by atoms with Gasteiger partial charge in [0.05, 0.1) is 35.4 Å². The number of hydrogen-bond donors (Lipinski definition) is 1. The fourth-order valence-electron chi connectivity index (χ4n) is 3.01. The molecule has 2 heterocycles. The first-order valence-corrected chi connectivity index (χ1v) is 8.10. The third-order valence-corrected chi connectivity index (χ3v) is 4.29. The molecular weight excluding hydrogens is 316 g/mol. The molecule has 0 fully saturated rings. The maximum Gasteiger partial charge on any atom is 0.164 e. The highest BCUT2D eigenvalue weighted by Crippen LogP contribution is 2.33. The molecule has 1 unspecified atom stereocenters. The Hall–Kier alpha value is -3.14. The lowest BCUT2D eigenvalue weighted by molar-refractivity contribution is 0.332. The number of aromatic nitrogens is 4. The molecule has 0 aliphatic carbocycles. The molecule has 3 rings (SSSR count). The third-order valence-electron chi connectivity index (χ3n) is 4.29. The number of ether oxygens (including phenoxy) is 1. The molecule has 0 aliphatic heterocycles. The minimum Gasteiger partial charge on any atom is -0.493 e. The summed E-state index contributed by atoms with van der Waals surface area (Å²) in [5, 5.41) is 14.7.